The molecule has 2 heteroatoms. The van der Waals surface area contributed by atoms with Crippen molar-refractivity contribution in [1.29, 1.82) is 0 Å². The SMILES string of the molecule is CNCc1ccc(C)cc1-c1cccc2ncccc12. The van der Waals surface area contributed by atoms with Gasteiger partial charge in [-0.2, -0.15) is 0 Å². The minimum atomic E-state index is 0.867. The molecular formula is C18H18N2. The highest BCUT2D eigenvalue weighted by Crippen LogP contribution is 2.31. The third-order valence-corrected chi connectivity index (χ3v) is 3.57. The maximum absolute atomic E-state index is 4.45. The second-order valence-corrected chi connectivity index (χ2v) is 5.07. The molecule has 3 aromatic rings. The molecule has 20 heavy (non-hydrogen) atoms. The molecule has 0 fully saturated rings. The number of fused-ring (bicyclic) bond motifs is 1. The fourth-order valence-electron chi connectivity index (χ4n) is 2.62. The second kappa shape index (κ2) is 5.43. The number of nitrogens with zero attached hydrogens (tertiary/aromatic N) is 1. The van der Waals surface area contributed by atoms with E-state index >= 15 is 0 Å². The number of benzene rings is 2. The van der Waals surface area contributed by atoms with Crippen molar-refractivity contribution in [2.45, 2.75) is 13.5 Å². The molecule has 0 saturated heterocycles. The highest BCUT2D eigenvalue weighted by atomic mass is 14.8. The molecule has 100 valence electrons. The molecule has 1 heterocycles. The molecule has 0 radical (unpaired) electrons. The van der Waals surface area contributed by atoms with Gasteiger partial charge in [0, 0.05) is 18.1 Å². The minimum absolute atomic E-state index is 0.867. The first-order valence-corrected chi connectivity index (χ1v) is 6.88. The molecule has 2 nitrogen and oxygen atoms in total. The van der Waals surface area contributed by atoms with Crippen molar-refractivity contribution >= 4 is 10.9 Å². The Labute approximate surface area is 119 Å². The quantitative estimate of drug-likeness (QED) is 0.773. The fraction of sp³-hybridized carbons (Fsp3) is 0.167. The van der Waals surface area contributed by atoms with Gasteiger partial charge >= 0.3 is 0 Å². The van der Waals surface area contributed by atoms with Gasteiger partial charge < -0.3 is 5.32 Å². The van der Waals surface area contributed by atoms with E-state index in [2.05, 4.69) is 59.7 Å². The predicted molar refractivity (Wildman–Crippen MR) is 84.7 cm³/mol. The lowest BCUT2D eigenvalue weighted by Gasteiger charge is -2.13. The topological polar surface area (TPSA) is 24.9 Å². The highest BCUT2D eigenvalue weighted by Gasteiger charge is 2.08. The van der Waals surface area contributed by atoms with Crippen LogP contribution >= 0.6 is 0 Å². The van der Waals surface area contributed by atoms with E-state index in [0.29, 0.717) is 0 Å². The number of aryl methyl sites for hydroxylation is 1. The smallest absolute Gasteiger partial charge is 0.0708 e. The first-order chi connectivity index (χ1) is 9.79. The Hall–Kier alpha value is -2.19. The normalized spacial score (nSPS) is 10.9. The Balaban J connectivity index is 2.27. The summed E-state index contributed by atoms with van der Waals surface area (Å²) in [6.07, 6.45) is 1.84. The molecule has 0 unspecified atom stereocenters. The van der Waals surface area contributed by atoms with Gasteiger partial charge in [-0.25, -0.2) is 0 Å². The summed E-state index contributed by atoms with van der Waals surface area (Å²) in [5.41, 5.74) is 6.18. The average Bonchev–Trinajstić information content (AvgIpc) is 2.49. The maximum Gasteiger partial charge on any atom is 0.0708 e. The molecule has 0 bridgehead atoms. The van der Waals surface area contributed by atoms with Gasteiger partial charge in [-0.3, -0.25) is 4.98 Å². The molecule has 0 amide bonds. The van der Waals surface area contributed by atoms with Gasteiger partial charge in [-0.05, 0) is 42.8 Å². The number of nitrogens with one attached hydrogen (secondary N) is 1. The number of pyridine rings is 1. The van der Waals surface area contributed by atoms with E-state index in [-0.39, 0.29) is 0 Å². The van der Waals surface area contributed by atoms with E-state index in [1.807, 2.05) is 19.3 Å². The summed E-state index contributed by atoms with van der Waals surface area (Å²) in [7, 11) is 1.98. The number of aromatic nitrogens is 1. The van der Waals surface area contributed by atoms with Gasteiger partial charge in [0.25, 0.3) is 0 Å². The van der Waals surface area contributed by atoms with Gasteiger partial charge in [0.15, 0.2) is 0 Å². The first kappa shape index (κ1) is 12.8. The molecule has 0 aliphatic heterocycles. The minimum Gasteiger partial charge on any atom is -0.316 e. The lowest BCUT2D eigenvalue weighted by molar-refractivity contribution is 0.819. The van der Waals surface area contributed by atoms with Crippen molar-refractivity contribution in [3.63, 3.8) is 0 Å². The first-order valence-electron chi connectivity index (χ1n) is 6.88. The van der Waals surface area contributed by atoms with Gasteiger partial charge in [-0.15, -0.1) is 0 Å². The summed E-state index contributed by atoms with van der Waals surface area (Å²) in [6, 6.07) is 17.1. The standard InChI is InChI=1S/C18H18N2/c1-13-8-9-14(12-19-2)17(11-13)15-5-3-7-18-16(15)6-4-10-20-18/h3-11,19H,12H2,1-2H3. The second-order valence-electron chi connectivity index (χ2n) is 5.07. The van der Waals surface area contributed by atoms with E-state index in [1.165, 1.54) is 27.6 Å². The summed E-state index contributed by atoms with van der Waals surface area (Å²) in [4.78, 5) is 4.45. The fourth-order valence-corrected chi connectivity index (χ4v) is 2.62. The van der Waals surface area contributed by atoms with Crippen molar-refractivity contribution in [2.24, 2.45) is 0 Å². The molecule has 0 atom stereocenters. The van der Waals surface area contributed by atoms with E-state index in [4.69, 9.17) is 0 Å². The van der Waals surface area contributed by atoms with Crippen LogP contribution in [0.2, 0.25) is 0 Å². The summed E-state index contributed by atoms with van der Waals surface area (Å²) >= 11 is 0. The maximum atomic E-state index is 4.45. The molecule has 1 N–H and O–H groups in total. The Bertz CT molecular complexity index is 742. The van der Waals surface area contributed by atoms with E-state index in [9.17, 15) is 0 Å². The van der Waals surface area contributed by atoms with Gasteiger partial charge in [0.2, 0.25) is 0 Å². The molecule has 1 aromatic heterocycles. The van der Waals surface area contributed by atoms with Crippen molar-refractivity contribution in [3.05, 3.63) is 65.9 Å². The van der Waals surface area contributed by atoms with Crippen LogP contribution in [0.15, 0.2) is 54.7 Å². The van der Waals surface area contributed by atoms with Crippen molar-refractivity contribution in [3.8, 4) is 11.1 Å². The molecule has 0 aliphatic carbocycles. The Morgan fingerprint density at radius 2 is 1.90 bits per heavy atom. The zero-order valence-electron chi connectivity index (χ0n) is 11.9. The molecule has 0 saturated carbocycles. The third kappa shape index (κ3) is 2.30. The van der Waals surface area contributed by atoms with Crippen LogP contribution in [0.3, 0.4) is 0 Å². The lowest BCUT2D eigenvalue weighted by atomic mass is 9.94. The Morgan fingerprint density at radius 1 is 1.00 bits per heavy atom. The van der Waals surface area contributed by atoms with Crippen LogP contribution in [0.5, 0.6) is 0 Å². The molecule has 3 rings (SSSR count). The zero-order chi connectivity index (χ0) is 13.9. The summed E-state index contributed by atoms with van der Waals surface area (Å²) in [6.45, 7) is 3.00. The van der Waals surface area contributed by atoms with Crippen molar-refractivity contribution in [1.82, 2.24) is 10.3 Å². The van der Waals surface area contributed by atoms with Gasteiger partial charge in [-0.1, -0.05) is 42.0 Å². The summed E-state index contributed by atoms with van der Waals surface area (Å²) in [5, 5.41) is 4.45. The summed E-state index contributed by atoms with van der Waals surface area (Å²) < 4.78 is 0. The van der Waals surface area contributed by atoms with Crippen LogP contribution in [-0.2, 0) is 6.54 Å². The largest absolute Gasteiger partial charge is 0.316 e. The summed E-state index contributed by atoms with van der Waals surface area (Å²) in [5.74, 6) is 0. The highest BCUT2D eigenvalue weighted by molar-refractivity contribution is 5.95. The van der Waals surface area contributed by atoms with Crippen LogP contribution in [0.4, 0.5) is 0 Å². The molecule has 0 spiro atoms. The number of hydrogen-bond acceptors (Lipinski definition) is 2. The van der Waals surface area contributed by atoms with Gasteiger partial charge in [0.1, 0.15) is 0 Å². The van der Waals surface area contributed by atoms with E-state index < -0.39 is 0 Å². The number of rotatable bonds is 3. The lowest BCUT2D eigenvalue weighted by Crippen LogP contribution is -2.06. The molecule has 0 aliphatic rings. The molecular weight excluding hydrogens is 244 g/mol. The van der Waals surface area contributed by atoms with Crippen LogP contribution < -0.4 is 5.32 Å². The van der Waals surface area contributed by atoms with Crippen LogP contribution in [0, 0.1) is 6.92 Å². The van der Waals surface area contributed by atoms with Crippen LogP contribution in [0.25, 0.3) is 22.0 Å². The Kier molecular flexibility index (Phi) is 3.48. The average molecular weight is 262 g/mol. The van der Waals surface area contributed by atoms with Crippen molar-refractivity contribution in [2.75, 3.05) is 7.05 Å². The van der Waals surface area contributed by atoms with Crippen LogP contribution in [0.1, 0.15) is 11.1 Å². The number of hydrogen-bond donors (Lipinski definition) is 1. The van der Waals surface area contributed by atoms with Gasteiger partial charge in [0.05, 0.1) is 5.52 Å². The van der Waals surface area contributed by atoms with E-state index in [1.54, 1.807) is 0 Å². The van der Waals surface area contributed by atoms with Crippen LogP contribution in [-0.4, -0.2) is 12.0 Å². The monoisotopic (exact) mass is 262 g/mol. The molecule has 2 aromatic carbocycles. The van der Waals surface area contributed by atoms with E-state index in [0.717, 1.165) is 12.1 Å². The predicted octanol–water partition coefficient (Wildman–Crippen LogP) is 3.93. The zero-order valence-corrected chi connectivity index (χ0v) is 11.9. The van der Waals surface area contributed by atoms with Crippen molar-refractivity contribution < 1.29 is 0 Å². The Morgan fingerprint density at radius 3 is 2.75 bits per heavy atom. The third-order valence-electron chi connectivity index (χ3n) is 3.57.